The van der Waals surface area contributed by atoms with E-state index in [1.807, 2.05) is 0 Å². The molecule has 0 amide bonds. The highest BCUT2D eigenvalue weighted by Gasteiger charge is 2.25. The molecule has 1 heterocycles. The van der Waals surface area contributed by atoms with Crippen LogP contribution in [0.15, 0.2) is 29.3 Å². The zero-order valence-electron chi connectivity index (χ0n) is 9.28. The molecule has 1 aromatic carbocycles. The predicted molar refractivity (Wildman–Crippen MR) is 69.7 cm³/mol. The first kappa shape index (κ1) is 11.5. The number of aliphatic imine (C=N–C) groups is 1. The lowest BCUT2D eigenvalue weighted by Crippen LogP contribution is -2.28. The van der Waals surface area contributed by atoms with Gasteiger partial charge < -0.3 is 5.32 Å². The van der Waals surface area contributed by atoms with E-state index in [1.54, 1.807) is 0 Å². The molecule has 0 saturated heterocycles. The van der Waals surface area contributed by atoms with E-state index in [-0.39, 0.29) is 12.4 Å². The first-order valence-corrected chi connectivity index (χ1v) is 5.81. The van der Waals surface area contributed by atoms with Gasteiger partial charge in [-0.15, -0.1) is 12.4 Å². The van der Waals surface area contributed by atoms with Gasteiger partial charge in [0.1, 0.15) is 5.84 Å². The Morgan fingerprint density at radius 1 is 1.25 bits per heavy atom. The fourth-order valence-electron chi connectivity index (χ4n) is 2.69. The summed E-state index contributed by atoms with van der Waals surface area (Å²) in [5.74, 6) is 1.76. The Balaban J connectivity index is 0.000000963. The molecule has 1 N–H and O–H groups in total. The number of nitrogens with one attached hydrogen (secondary N) is 1. The predicted octanol–water partition coefficient (Wildman–Crippen LogP) is 2.53. The van der Waals surface area contributed by atoms with Gasteiger partial charge in [-0.25, -0.2) is 0 Å². The molecule has 1 aromatic rings. The van der Waals surface area contributed by atoms with Gasteiger partial charge >= 0.3 is 0 Å². The Kier molecular flexibility index (Phi) is 3.49. The molecule has 3 rings (SSSR count). The summed E-state index contributed by atoms with van der Waals surface area (Å²) >= 11 is 0. The SMILES string of the molecule is Cl.c1ccc2c(c1)CCC[C@H]2C1=NCCN1. The van der Waals surface area contributed by atoms with Gasteiger partial charge in [-0.05, 0) is 30.4 Å². The van der Waals surface area contributed by atoms with Crippen molar-refractivity contribution in [3.8, 4) is 0 Å². The zero-order chi connectivity index (χ0) is 10.1. The fourth-order valence-corrected chi connectivity index (χ4v) is 2.69. The highest BCUT2D eigenvalue weighted by molar-refractivity contribution is 5.90. The molecule has 0 unspecified atom stereocenters. The topological polar surface area (TPSA) is 24.4 Å². The lowest BCUT2D eigenvalue weighted by molar-refractivity contribution is 0.641. The van der Waals surface area contributed by atoms with Crippen molar-refractivity contribution in [2.45, 2.75) is 25.2 Å². The minimum atomic E-state index is 0. The quantitative estimate of drug-likeness (QED) is 0.796. The maximum absolute atomic E-state index is 4.56. The third-order valence-electron chi connectivity index (χ3n) is 3.40. The summed E-state index contributed by atoms with van der Waals surface area (Å²) in [5.41, 5.74) is 3.02. The smallest absolute Gasteiger partial charge is 0.104 e. The van der Waals surface area contributed by atoms with Crippen LogP contribution in [-0.4, -0.2) is 18.9 Å². The molecule has 0 saturated carbocycles. The standard InChI is InChI=1S/C13H16N2.ClH/c1-2-6-11-10(4-1)5-3-7-12(11)13-14-8-9-15-13;/h1-2,4,6,12H,3,5,7-9H2,(H,14,15);1H/t12-;/m1./s1. The van der Waals surface area contributed by atoms with Gasteiger partial charge in [0, 0.05) is 12.5 Å². The van der Waals surface area contributed by atoms with E-state index in [2.05, 4.69) is 34.6 Å². The Morgan fingerprint density at radius 3 is 2.94 bits per heavy atom. The van der Waals surface area contributed by atoms with Crippen molar-refractivity contribution in [2.24, 2.45) is 4.99 Å². The summed E-state index contributed by atoms with van der Waals surface area (Å²) in [5, 5.41) is 3.42. The summed E-state index contributed by atoms with van der Waals surface area (Å²) in [7, 11) is 0. The van der Waals surface area contributed by atoms with E-state index in [9.17, 15) is 0 Å². The molecule has 3 heteroatoms. The van der Waals surface area contributed by atoms with Gasteiger partial charge in [-0.1, -0.05) is 24.3 Å². The number of aryl methyl sites for hydroxylation is 1. The minimum Gasteiger partial charge on any atom is -0.371 e. The van der Waals surface area contributed by atoms with Crippen LogP contribution < -0.4 is 5.32 Å². The molecule has 1 atom stereocenters. The molecule has 0 radical (unpaired) electrons. The lowest BCUT2D eigenvalue weighted by atomic mass is 9.82. The largest absolute Gasteiger partial charge is 0.371 e. The second-order valence-electron chi connectivity index (χ2n) is 4.34. The van der Waals surface area contributed by atoms with Crippen molar-refractivity contribution < 1.29 is 0 Å². The molecule has 0 bridgehead atoms. The zero-order valence-corrected chi connectivity index (χ0v) is 10.1. The van der Waals surface area contributed by atoms with Crippen LogP contribution in [0.2, 0.25) is 0 Å². The van der Waals surface area contributed by atoms with E-state index in [0.29, 0.717) is 5.92 Å². The monoisotopic (exact) mass is 236 g/mol. The van der Waals surface area contributed by atoms with Crippen LogP contribution in [0.1, 0.15) is 29.9 Å². The Morgan fingerprint density at radius 2 is 2.12 bits per heavy atom. The van der Waals surface area contributed by atoms with E-state index >= 15 is 0 Å². The number of benzene rings is 1. The van der Waals surface area contributed by atoms with Crippen LogP contribution in [0, 0.1) is 0 Å². The van der Waals surface area contributed by atoms with E-state index in [4.69, 9.17) is 0 Å². The average molecular weight is 237 g/mol. The molecule has 1 aliphatic carbocycles. The van der Waals surface area contributed by atoms with Crippen molar-refractivity contribution in [2.75, 3.05) is 13.1 Å². The van der Waals surface area contributed by atoms with Crippen LogP contribution in [0.3, 0.4) is 0 Å². The maximum atomic E-state index is 4.56. The van der Waals surface area contributed by atoms with Crippen LogP contribution in [-0.2, 0) is 6.42 Å². The third kappa shape index (κ3) is 1.94. The van der Waals surface area contributed by atoms with Crippen LogP contribution in [0.4, 0.5) is 0 Å². The summed E-state index contributed by atoms with van der Waals surface area (Å²) in [4.78, 5) is 4.56. The molecule has 1 aliphatic heterocycles. The van der Waals surface area contributed by atoms with Gasteiger partial charge in [0.05, 0.1) is 6.54 Å². The van der Waals surface area contributed by atoms with E-state index < -0.39 is 0 Å². The molecule has 0 spiro atoms. The second-order valence-corrected chi connectivity index (χ2v) is 4.34. The Labute approximate surface area is 103 Å². The van der Waals surface area contributed by atoms with Crippen molar-refractivity contribution in [3.63, 3.8) is 0 Å². The molecule has 2 aliphatic rings. The number of nitrogens with zero attached hydrogens (tertiary/aromatic N) is 1. The highest BCUT2D eigenvalue weighted by atomic mass is 35.5. The Hall–Kier alpha value is -1.02. The van der Waals surface area contributed by atoms with Crippen molar-refractivity contribution in [1.29, 1.82) is 0 Å². The molecule has 16 heavy (non-hydrogen) atoms. The summed E-state index contributed by atoms with van der Waals surface area (Å²) in [6, 6.07) is 8.82. The molecular formula is C13H17ClN2. The van der Waals surface area contributed by atoms with Crippen LogP contribution in [0.25, 0.3) is 0 Å². The van der Waals surface area contributed by atoms with Gasteiger partial charge in [-0.2, -0.15) is 0 Å². The van der Waals surface area contributed by atoms with E-state index in [0.717, 1.165) is 13.1 Å². The lowest BCUT2D eigenvalue weighted by Gasteiger charge is -2.25. The summed E-state index contributed by atoms with van der Waals surface area (Å²) in [6.07, 6.45) is 3.78. The van der Waals surface area contributed by atoms with Gasteiger partial charge in [0.2, 0.25) is 0 Å². The molecule has 0 aromatic heterocycles. The average Bonchev–Trinajstić information content (AvgIpc) is 2.82. The number of halogens is 1. The Bertz CT molecular complexity index is 401. The highest BCUT2D eigenvalue weighted by Crippen LogP contribution is 2.32. The van der Waals surface area contributed by atoms with Crippen LogP contribution >= 0.6 is 12.4 Å². The molecular weight excluding hydrogens is 220 g/mol. The minimum absolute atomic E-state index is 0. The maximum Gasteiger partial charge on any atom is 0.104 e. The third-order valence-corrected chi connectivity index (χ3v) is 3.40. The number of hydrogen-bond acceptors (Lipinski definition) is 2. The number of hydrogen-bond donors (Lipinski definition) is 1. The van der Waals surface area contributed by atoms with Crippen LogP contribution in [0.5, 0.6) is 0 Å². The van der Waals surface area contributed by atoms with Gasteiger partial charge in [-0.3, -0.25) is 4.99 Å². The van der Waals surface area contributed by atoms with Crippen molar-refractivity contribution in [1.82, 2.24) is 5.32 Å². The number of amidine groups is 1. The first-order valence-electron chi connectivity index (χ1n) is 5.81. The van der Waals surface area contributed by atoms with Gasteiger partial charge in [0.25, 0.3) is 0 Å². The molecule has 86 valence electrons. The summed E-state index contributed by atoms with van der Waals surface area (Å²) < 4.78 is 0. The van der Waals surface area contributed by atoms with Crippen molar-refractivity contribution in [3.05, 3.63) is 35.4 Å². The first-order chi connectivity index (χ1) is 7.45. The molecule has 2 nitrogen and oxygen atoms in total. The summed E-state index contributed by atoms with van der Waals surface area (Å²) in [6.45, 7) is 1.97. The number of fused-ring (bicyclic) bond motifs is 1. The van der Waals surface area contributed by atoms with Crippen molar-refractivity contribution >= 4 is 18.2 Å². The second kappa shape index (κ2) is 4.88. The fraction of sp³-hybridized carbons (Fsp3) is 0.462. The molecule has 0 fully saturated rings. The van der Waals surface area contributed by atoms with Gasteiger partial charge in [0.15, 0.2) is 0 Å². The normalized spacial score (nSPS) is 22.8. The van der Waals surface area contributed by atoms with E-state index in [1.165, 1.54) is 36.2 Å². The number of rotatable bonds is 1.